The van der Waals surface area contributed by atoms with Gasteiger partial charge in [0, 0.05) is 44.5 Å². The van der Waals surface area contributed by atoms with Crippen molar-refractivity contribution >= 4 is 49.2 Å². The first kappa shape index (κ1) is 67.1. The van der Waals surface area contributed by atoms with E-state index in [-0.39, 0.29) is 16.9 Å². The normalized spacial score (nSPS) is 27.4. The standard InChI is InChI=1S/C59H76N7O20P/c1-6-7-8-25-85-40-21-17-36(18-22-40)34-11-9-33(10-12-34)35-13-15-38(16-14-35)52(74)60-42-27-44(70)55(77)64-57(79)48-49(71)30(2)28-66(48)59(81)46(32(4)68)62-56(78)47(51(73)50(72)37-19-23-41(24-20-37)86-87(82,83)84-5)63-54(76)43-26-39(69)29-65(43)58(80)45(31(3)67)61-53(42)75/h9-24,30-32,39,42-51,55,67-73,77H,6-8,25-29H2,1-5H3,(H,60,74)(H,61,75)(H,62,78)(H,63,76)(H,64,79)(H,82,83)/t30-,31+,32+,39+,42-,43-,44+,45-,46-,47-,48-,49-,50-,51-,55+/m0/s1. The van der Waals surface area contributed by atoms with Crippen molar-refractivity contribution in [2.24, 2.45) is 5.92 Å². The highest BCUT2D eigenvalue weighted by Gasteiger charge is 2.50. The summed E-state index contributed by atoms with van der Waals surface area (Å²) in [5.74, 6) is -8.97. The molecule has 4 aromatic rings. The lowest BCUT2D eigenvalue weighted by molar-refractivity contribution is -0.148. The summed E-state index contributed by atoms with van der Waals surface area (Å²) < 4.78 is 27.2. The lowest BCUT2D eigenvalue weighted by Crippen LogP contribution is -2.64. The Hall–Kier alpha value is -7.40. The second-order valence-corrected chi connectivity index (χ2v) is 23.5. The summed E-state index contributed by atoms with van der Waals surface area (Å²) in [5, 5.41) is 102. The SMILES string of the molecule is CCCCCOc1ccc(-c2ccc(-c3ccc(C(=O)N[C@H]4C[C@@H](O)[C@@H](O)NC(=O)[C@@H]5[C@@H](O)[C@@H](C)CN5C(=O)[C@H]([C@@H](C)O)NC(=O)[C@H]([C@H](O)[C@@H](O)c5ccc(OP(=O)(O)OC)cc5)NC(=O)[C@@H]5C[C@@H](O)CN5C(=O)[C@H]([C@@H](C)O)NC4=O)cc3)cc2)cc1. The molecule has 4 aromatic carbocycles. The summed E-state index contributed by atoms with van der Waals surface area (Å²) in [5.41, 5.74) is 3.20. The molecule has 3 aliphatic rings. The molecule has 27 nitrogen and oxygen atoms in total. The molecule has 0 aromatic heterocycles. The topological polar surface area (TPSA) is 413 Å². The number of amides is 7. The second kappa shape index (κ2) is 29.5. The minimum atomic E-state index is -4.56. The number of ether oxygens (including phenoxy) is 1. The number of aliphatic hydroxyl groups is 8. The number of phosphoric acid groups is 1. The molecule has 3 saturated heterocycles. The zero-order chi connectivity index (χ0) is 63.6. The fraction of sp³-hybridized carbons (Fsp3) is 0.475. The van der Waals surface area contributed by atoms with Gasteiger partial charge in [-0.3, -0.25) is 43.0 Å². The van der Waals surface area contributed by atoms with Gasteiger partial charge in [0.2, 0.25) is 35.4 Å². The highest BCUT2D eigenvalue weighted by atomic mass is 31.2. The first-order valence-electron chi connectivity index (χ1n) is 28.4. The van der Waals surface area contributed by atoms with E-state index in [0.29, 0.717) is 12.2 Å². The monoisotopic (exact) mass is 1230 g/mol. The third kappa shape index (κ3) is 16.6. The van der Waals surface area contributed by atoms with Gasteiger partial charge in [0.1, 0.15) is 66.1 Å². The largest absolute Gasteiger partial charge is 0.527 e. The van der Waals surface area contributed by atoms with Gasteiger partial charge in [0.15, 0.2) is 6.23 Å². The van der Waals surface area contributed by atoms with E-state index in [2.05, 4.69) is 38.0 Å². The maximum Gasteiger partial charge on any atom is 0.527 e. The molecule has 0 saturated carbocycles. The highest BCUT2D eigenvalue weighted by Crippen LogP contribution is 2.43. The third-order valence-corrected chi connectivity index (χ3v) is 16.4. The Labute approximate surface area is 501 Å². The van der Waals surface area contributed by atoms with Crippen LogP contribution >= 0.6 is 7.82 Å². The molecule has 7 rings (SSSR count). The molecule has 28 heteroatoms. The Balaban J connectivity index is 1.18. The lowest BCUT2D eigenvalue weighted by atomic mass is 9.96. The number of phosphoric ester groups is 1. The number of hydrogen-bond donors (Lipinski definition) is 14. The zero-order valence-corrected chi connectivity index (χ0v) is 49.3. The van der Waals surface area contributed by atoms with Crippen molar-refractivity contribution in [1.29, 1.82) is 0 Å². The molecule has 3 fully saturated rings. The Morgan fingerprint density at radius 3 is 1.72 bits per heavy atom. The number of benzene rings is 4. The van der Waals surface area contributed by atoms with Gasteiger partial charge < -0.3 is 86.5 Å². The van der Waals surface area contributed by atoms with Crippen LogP contribution in [-0.2, 0) is 37.9 Å². The maximum absolute atomic E-state index is 14.6. The van der Waals surface area contributed by atoms with E-state index < -0.39 is 166 Å². The summed E-state index contributed by atoms with van der Waals surface area (Å²) >= 11 is 0. The molecule has 87 heavy (non-hydrogen) atoms. The van der Waals surface area contributed by atoms with Crippen LogP contribution in [0.25, 0.3) is 22.3 Å². The molecular weight excluding hydrogens is 1160 g/mol. The zero-order valence-electron chi connectivity index (χ0n) is 48.4. The van der Waals surface area contributed by atoms with Gasteiger partial charge in [-0.15, -0.1) is 0 Å². The van der Waals surface area contributed by atoms with Gasteiger partial charge in [-0.05, 0) is 84.5 Å². The molecule has 16 atom stereocenters. The molecule has 7 amide bonds. The van der Waals surface area contributed by atoms with Crippen LogP contribution in [-0.4, -0.2) is 203 Å². The number of aliphatic hydroxyl groups excluding tert-OH is 8. The number of rotatable bonds is 17. The predicted octanol–water partition coefficient (Wildman–Crippen LogP) is -0.507. The van der Waals surface area contributed by atoms with Crippen LogP contribution in [0, 0.1) is 5.92 Å². The van der Waals surface area contributed by atoms with Crippen molar-refractivity contribution < 1.29 is 97.7 Å². The fourth-order valence-electron chi connectivity index (χ4n) is 10.4. The molecule has 0 aliphatic carbocycles. The van der Waals surface area contributed by atoms with Gasteiger partial charge in [0.25, 0.3) is 5.91 Å². The molecule has 472 valence electrons. The second-order valence-electron chi connectivity index (χ2n) is 22.0. The van der Waals surface area contributed by atoms with Crippen molar-refractivity contribution in [2.75, 3.05) is 26.8 Å². The van der Waals surface area contributed by atoms with Crippen LogP contribution in [0.2, 0.25) is 0 Å². The van der Waals surface area contributed by atoms with E-state index in [1.165, 1.54) is 19.1 Å². The number of carbonyl (C=O) groups is 7. The van der Waals surface area contributed by atoms with Gasteiger partial charge in [-0.2, -0.15) is 0 Å². The van der Waals surface area contributed by atoms with E-state index in [4.69, 9.17) is 9.26 Å². The van der Waals surface area contributed by atoms with E-state index in [9.17, 15) is 83.9 Å². The maximum atomic E-state index is 14.6. The Morgan fingerprint density at radius 2 is 1.17 bits per heavy atom. The van der Waals surface area contributed by atoms with Gasteiger partial charge >= 0.3 is 7.82 Å². The predicted molar refractivity (Wildman–Crippen MR) is 309 cm³/mol. The molecule has 14 N–H and O–H groups in total. The van der Waals surface area contributed by atoms with Crippen LogP contribution in [0.4, 0.5) is 0 Å². The summed E-state index contributed by atoms with van der Waals surface area (Å²) in [6.45, 7) is 5.32. The Bertz CT molecular complexity index is 3100. The van der Waals surface area contributed by atoms with Crippen molar-refractivity contribution in [3.63, 3.8) is 0 Å². The molecule has 1 unspecified atom stereocenters. The van der Waals surface area contributed by atoms with Crippen molar-refractivity contribution in [1.82, 2.24) is 36.4 Å². The third-order valence-electron chi connectivity index (χ3n) is 15.5. The number of fused-ring (bicyclic) bond motifs is 2. The number of carbonyl (C=O) groups excluding carboxylic acids is 7. The van der Waals surface area contributed by atoms with Crippen molar-refractivity contribution in [2.45, 2.75) is 145 Å². The molecule has 0 radical (unpaired) electrons. The van der Waals surface area contributed by atoms with Crippen LogP contribution < -0.4 is 35.8 Å². The number of unbranched alkanes of at least 4 members (excludes halogenated alkanes) is 2. The van der Waals surface area contributed by atoms with Crippen LogP contribution in [0.5, 0.6) is 11.5 Å². The first-order valence-corrected chi connectivity index (χ1v) is 29.9. The van der Waals surface area contributed by atoms with Crippen molar-refractivity contribution in [3.8, 4) is 33.8 Å². The summed E-state index contributed by atoms with van der Waals surface area (Å²) in [7, 11) is -3.66. The first-order chi connectivity index (χ1) is 41.2. The number of hydrogen-bond acceptors (Lipinski definition) is 19. The Morgan fingerprint density at radius 1 is 0.655 bits per heavy atom. The number of nitrogens with one attached hydrogen (secondary N) is 5. The minimum absolute atomic E-state index is 0.00645. The average Bonchev–Trinajstić information content (AvgIpc) is 4.02. The highest BCUT2D eigenvalue weighted by molar-refractivity contribution is 7.47. The van der Waals surface area contributed by atoms with E-state index in [0.717, 1.165) is 96.7 Å². The lowest BCUT2D eigenvalue weighted by Gasteiger charge is -2.34. The Kier molecular flexibility index (Phi) is 22.8. The molecule has 3 heterocycles. The smallest absolute Gasteiger partial charge is 0.494 e. The number of nitrogens with zero attached hydrogens (tertiary/aromatic N) is 2. The van der Waals surface area contributed by atoms with Gasteiger partial charge in [0.05, 0.1) is 31.0 Å². The molecule has 3 aliphatic heterocycles. The molecule has 0 spiro atoms. The van der Waals surface area contributed by atoms with Crippen LogP contribution in [0.3, 0.4) is 0 Å². The minimum Gasteiger partial charge on any atom is -0.494 e. The van der Waals surface area contributed by atoms with E-state index in [1.807, 2.05) is 48.5 Å². The van der Waals surface area contributed by atoms with E-state index >= 15 is 0 Å². The van der Waals surface area contributed by atoms with Gasteiger partial charge in [-0.25, -0.2) is 4.57 Å². The van der Waals surface area contributed by atoms with Gasteiger partial charge in [-0.1, -0.05) is 87.4 Å². The van der Waals surface area contributed by atoms with E-state index in [1.54, 1.807) is 12.1 Å². The molecule has 0 bridgehead atoms. The molecular formula is C59H76N7O20P. The summed E-state index contributed by atoms with van der Waals surface area (Å²) in [4.78, 5) is 112. The van der Waals surface area contributed by atoms with Crippen LogP contribution in [0.1, 0.15) is 81.8 Å². The fourth-order valence-corrected chi connectivity index (χ4v) is 10.9. The summed E-state index contributed by atoms with van der Waals surface area (Å²) in [6, 6.07) is 14.0. The quantitative estimate of drug-likeness (QED) is 0.0468. The van der Waals surface area contributed by atoms with Crippen molar-refractivity contribution in [3.05, 3.63) is 108 Å². The summed E-state index contributed by atoms with van der Waals surface area (Å²) in [6.07, 6.45) is -14.1. The average molecular weight is 1230 g/mol. The van der Waals surface area contributed by atoms with Crippen LogP contribution in [0.15, 0.2) is 97.1 Å².